The Balaban J connectivity index is 1.52. The molecule has 1 saturated heterocycles. The fraction of sp³-hybridized carbons (Fsp3) is 0.389. The summed E-state index contributed by atoms with van der Waals surface area (Å²) in [5, 5.41) is 5.12. The minimum atomic E-state index is -0.0251. The van der Waals surface area contributed by atoms with Gasteiger partial charge in [0.15, 0.2) is 5.13 Å². The van der Waals surface area contributed by atoms with Gasteiger partial charge in [-0.15, -0.1) is 0 Å². The number of carbonyl (C=O) groups is 1. The summed E-state index contributed by atoms with van der Waals surface area (Å²) < 4.78 is 13.5. The summed E-state index contributed by atoms with van der Waals surface area (Å²) in [4.78, 5) is 21.4. The van der Waals surface area contributed by atoms with Crippen molar-refractivity contribution in [2.75, 3.05) is 45.3 Å². The average molecular weight is 387 g/mol. The fourth-order valence-electron chi connectivity index (χ4n) is 3.20. The minimum absolute atomic E-state index is 0.0251. The number of rotatable bonds is 4. The third-order valence-electron chi connectivity index (χ3n) is 4.67. The van der Waals surface area contributed by atoms with E-state index in [0.717, 1.165) is 39.9 Å². The largest absolute Gasteiger partial charge is 0.495 e. The molecule has 1 fully saturated rings. The van der Waals surface area contributed by atoms with Crippen LogP contribution >= 0.6 is 11.3 Å². The zero-order valence-corrected chi connectivity index (χ0v) is 16.3. The topological polar surface area (TPSA) is 72.7 Å². The van der Waals surface area contributed by atoms with Crippen molar-refractivity contribution in [3.05, 3.63) is 30.1 Å². The van der Waals surface area contributed by atoms with Crippen LogP contribution in [0.1, 0.15) is 10.5 Å². The second-order valence-corrected chi connectivity index (χ2v) is 7.28. The van der Waals surface area contributed by atoms with E-state index in [1.807, 2.05) is 24.1 Å². The highest BCUT2D eigenvalue weighted by Crippen LogP contribution is 2.40. The molecule has 0 spiro atoms. The number of anilines is 1. The van der Waals surface area contributed by atoms with Gasteiger partial charge in [0.25, 0.3) is 5.91 Å². The third-order valence-corrected chi connectivity index (χ3v) is 5.80. The van der Waals surface area contributed by atoms with E-state index in [9.17, 15) is 4.79 Å². The lowest BCUT2D eigenvalue weighted by Gasteiger charge is -2.34. The Morgan fingerprint density at radius 3 is 2.41 bits per heavy atom. The number of thiazole rings is 1. The summed E-state index contributed by atoms with van der Waals surface area (Å²) in [6.07, 6.45) is 1.78. The van der Waals surface area contributed by atoms with Crippen molar-refractivity contribution >= 4 is 32.6 Å². The van der Waals surface area contributed by atoms with Crippen LogP contribution in [0, 0.1) is 0 Å². The number of piperazine rings is 1. The van der Waals surface area contributed by atoms with E-state index >= 15 is 0 Å². The van der Waals surface area contributed by atoms with E-state index in [4.69, 9.17) is 14.5 Å². The summed E-state index contributed by atoms with van der Waals surface area (Å²) in [5.41, 5.74) is 1.30. The summed E-state index contributed by atoms with van der Waals surface area (Å²) in [7, 11) is 5.11. The molecular formula is C18H21N5O3S. The zero-order chi connectivity index (χ0) is 19.0. The SMILES string of the molecule is COc1ccc(OC)c2sc(N3CCN(C(=O)c4ccn(C)n4)CC3)nc12. The molecule has 1 aromatic carbocycles. The molecule has 1 aliphatic heterocycles. The van der Waals surface area contributed by atoms with E-state index in [0.29, 0.717) is 18.8 Å². The number of benzene rings is 1. The lowest BCUT2D eigenvalue weighted by molar-refractivity contribution is 0.0740. The van der Waals surface area contributed by atoms with Gasteiger partial charge in [-0.05, 0) is 18.2 Å². The van der Waals surface area contributed by atoms with Gasteiger partial charge in [0.1, 0.15) is 27.4 Å². The molecular weight excluding hydrogens is 366 g/mol. The highest BCUT2D eigenvalue weighted by atomic mass is 32.1. The highest BCUT2D eigenvalue weighted by molar-refractivity contribution is 7.22. The smallest absolute Gasteiger partial charge is 0.274 e. The average Bonchev–Trinajstić information content (AvgIpc) is 3.33. The highest BCUT2D eigenvalue weighted by Gasteiger charge is 2.26. The predicted molar refractivity (Wildman–Crippen MR) is 104 cm³/mol. The number of aryl methyl sites for hydroxylation is 1. The van der Waals surface area contributed by atoms with E-state index in [2.05, 4.69) is 10.00 Å². The van der Waals surface area contributed by atoms with Gasteiger partial charge < -0.3 is 19.3 Å². The van der Waals surface area contributed by atoms with Gasteiger partial charge in [-0.25, -0.2) is 4.98 Å². The van der Waals surface area contributed by atoms with Crippen molar-refractivity contribution in [1.29, 1.82) is 0 Å². The van der Waals surface area contributed by atoms with Gasteiger partial charge in [0.05, 0.1) is 14.2 Å². The first-order valence-corrected chi connectivity index (χ1v) is 9.47. The molecule has 0 unspecified atom stereocenters. The summed E-state index contributed by atoms with van der Waals surface area (Å²) in [6, 6.07) is 5.52. The van der Waals surface area contributed by atoms with Crippen LogP contribution in [0.3, 0.4) is 0 Å². The summed E-state index contributed by atoms with van der Waals surface area (Å²) in [5.74, 6) is 1.50. The Morgan fingerprint density at radius 1 is 1.07 bits per heavy atom. The number of fused-ring (bicyclic) bond motifs is 1. The normalized spacial score (nSPS) is 14.6. The van der Waals surface area contributed by atoms with Crippen LogP contribution in [0.15, 0.2) is 24.4 Å². The molecule has 2 aromatic heterocycles. The molecule has 0 aliphatic carbocycles. The first-order valence-electron chi connectivity index (χ1n) is 8.66. The first kappa shape index (κ1) is 17.6. The van der Waals surface area contributed by atoms with Gasteiger partial charge in [-0.1, -0.05) is 11.3 Å². The van der Waals surface area contributed by atoms with Crippen molar-refractivity contribution < 1.29 is 14.3 Å². The monoisotopic (exact) mass is 387 g/mol. The van der Waals surface area contributed by atoms with Gasteiger partial charge >= 0.3 is 0 Å². The van der Waals surface area contributed by atoms with Crippen LogP contribution in [0.25, 0.3) is 10.2 Å². The van der Waals surface area contributed by atoms with E-state index in [1.165, 1.54) is 0 Å². The van der Waals surface area contributed by atoms with E-state index in [1.54, 1.807) is 42.5 Å². The molecule has 0 atom stereocenters. The van der Waals surface area contributed by atoms with Gasteiger partial charge in [0, 0.05) is 39.4 Å². The molecule has 0 radical (unpaired) electrons. The number of nitrogens with zero attached hydrogens (tertiary/aromatic N) is 5. The number of ether oxygens (including phenoxy) is 2. The molecule has 0 N–H and O–H groups in total. The van der Waals surface area contributed by atoms with Crippen LogP contribution in [0.5, 0.6) is 11.5 Å². The molecule has 27 heavy (non-hydrogen) atoms. The number of aromatic nitrogens is 3. The number of hydrogen-bond acceptors (Lipinski definition) is 7. The molecule has 1 amide bonds. The Morgan fingerprint density at radius 2 is 1.78 bits per heavy atom. The standard InChI is InChI=1S/C18H21N5O3S/c1-21-7-6-12(20-21)17(24)22-8-10-23(11-9-22)18-19-15-13(25-2)4-5-14(26-3)16(15)27-18/h4-7H,8-11H2,1-3H3. The van der Waals surface area contributed by atoms with Crippen molar-refractivity contribution in [3.8, 4) is 11.5 Å². The number of carbonyl (C=O) groups excluding carboxylic acids is 1. The van der Waals surface area contributed by atoms with E-state index in [-0.39, 0.29) is 5.91 Å². The molecule has 3 heterocycles. The van der Waals surface area contributed by atoms with Crippen molar-refractivity contribution in [3.63, 3.8) is 0 Å². The second-order valence-electron chi connectivity index (χ2n) is 6.30. The molecule has 142 valence electrons. The Hall–Kier alpha value is -2.81. The van der Waals surface area contributed by atoms with Crippen molar-refractivity contribution in [1.82, 2.24) is 19.7 Å². The maximum Gasteiger partial charge on any atom is 0.274 e. The fourth-order valence-corrected chi connectivity index (χ4v) is 4.33. The number of amides is 1. The van der Waals surface area contributed by atoms with Gasteiger partial charge in [0.2, 0.25) is 0 Å². The minimum Gasteiger partial charge on any atom is -0.495 e. The van der Waals surface area contributed by atoms with Gasteiger partial charge in [-0.2, -0.15) is 5.10 Å². The quantitative estimate of drug-likeness (QED) is 0.682. The molecule has 0 saturated carbocycles. The van der Waals surface area contributed by atoms with Crippen LogP contribution < -0.4 is 14.4 Å². The lowest BCUT2D eigenvalue weighted by atomic mass is 10.3. The van der Waals surface area contributed by atoms with Crippen LogP contribution in [0.2, 0.25) is 0 Å². The molecule has 8 nitrogen and oxygen atoms in total. The van der Waals surface area contributed by atoms with Gasteiger partial charge in [-0.3, -0.25) is 9.48 Å². The number of methoxy groups -OCH3 is 2. The maximum absolute atomic E-state index is 12.5. The molecule has 9 heteroatoms. The van der Waals surface area contributed by atoms with Crippen molar-refractivity contribution in [2.45, 2.75) is 0 Å². The predicted octanol–water partition coefficient (Wildman–Crippen LogP) is 2.01. The van der Waals surface area contributed by atoms with Crippen LogP contribution in [0.4, 0.5) is 5.13 Å². The summed E-state index contributed by atoms with van der Waals surface area (Å²) >= 11 is 1.58. The van der Waals surface area contributed by atoms with Crippen molar-refractivity contribution in [2.24, 2.45) is 7.05 Å². The van der Waals surface area contributed by atoms with Crippen LogP contribution in [-0.2, 0) is 7.05 Å². The van der Waals surface area contributed by atoms with Crippen LogP contribution in [-0.4, -0.2) is 66.0 Å². The zero-order valence-electron chi connectivity index (χ0n) is 15.5. The molecule has 0 bridgehead atoms. The second kappa shape index (κ2) is 7.07. The number of hydrogen-bond donors (Lipinski definition) is 0. The maximum atomic E-state index is 12.5. The Labute approximate surface area is 160 Å². The Kier molecular flexibility index (Phi) is 4.61. The lowest BCUT2D eigenvalue weighted by Crippen LogP contribution is -2.48. The molecule has 1 aliphatic rings. The molecule has 3 aromatic rings. The third kappa shape index (κ3) is 3.18. The van der Waals surface area contributed by atoms with E-state index < -0.39 is 0 Å². The first-order chi connectivity index (χ1) is 13.1. The molecule has 4 rings (SSSR count). The summed E-state index contributed by atoms with van der Waals surface area (Å²) in [6.45, 7) is 2.73. The Bertz CT molecular complexity index is 934.